The van der Waals surface area contributed by atoms with Crippen molar-refractivity contribution in [3.8, 4) is 11.1 Å². The van der Waals surface area contributed by atoms with Crippen molar-refractivity contribution in [1.82, 2.24) is 9.97 Å². The predicted molar refractivity (Wildman–Crippen MR) is 51.8 cm³/mol. The van der Waals surface area contributed by atoms with Crippen molar-refractivity contribution < 1.29 is 4.39 Å². The molecule has 0 aromatic carbocycles. The Morgan fingerprint density at radius 1 is 1.14 bits per heavy atom. The van der Waals surface area contributed by atoms with E-state index in [1.165, 1.54) is 12.4 Å². The average Bonchev–Trinajstić information content (AvgIpc) is 2.20. The molecule has 0 radical (unpaired) electrons. The van der Waals surface area contributed by atoms with Crippen molar-refractivity contribution in [3.63, 3.8) is 0 Å². The molecule has 2 N–H and O–H groups in total. The third-order valence-corrected chi connectivity index (χ3v) is 1.90. The lowest BCUT2D eigenvalue weighted by Crippen LogP contribution is -1.94. The highest BCUT2D eigenvalue weighted by Crippen LogP contribution is 2.25. The van der Waals surface area contributed by atoms with Gasteiger partial charge in [-0.05, 0) is 18.2 Å². The molecule has 0 saturated carbocycles. The number of aromatic nitrogens is 2. The third kappa shape index (κ3) is 1.42. The maximum absolute atomic E-state index is 13.3. The van der Waals surface area contributed by atoms with Crippen molar-refractivity contribution in [2.45, 2.75) is 0 Å². The fourth-order valence-electron chi connectivity index (χ4n) is 1.24. The number of nitrogens with zero attached hydrogens (tertiary/aromatic N) is 2. The van der Waals surface area contributed by atoms with Gasteiger partial charge in [0.15, 0.2) is 0 Å². The summed E-state index contributed by atoms with van der Waals surface area (Å²) in [5.41, 5.74) is 7.12. The van der Waals surface area contributed by atoms with E-state index in [9.17, 15) is 4.39 Å². The Balaban J connectivity index is 2.61. The van der Waals surface area contributed by atoms with E-state index in [-0.39, 0.29) is 0 Å². The Hall–Kier alpha value is -1.97. The van der Waals surface area contributed by atoms with Gasteiger partial charge in [-0.15, -0.1) is 0 Å². The van der Waals surface area contributed by atoms with Crippen LogP contribution in [-0.4, -0.2) is 9.97 Å². The van der Waals surface area contributed by atoms with Crippen LogP contribution < -0.4 is 5.73 Å². The van der Waals surface area contributed by atoms with Crippen LogP contribution in [0.25, 0.3) is 11.1 Å². The second-order valence-corrected chi connectivity index (χ2v) is 2.80. The molecular weight excluding hydrogens is 181 g/mol. The van der Waals surface area contributed by atoms with Gasteiger partial charge >= 0.3 is 0 Å². The van der Waals surface area contributed by atoms with Gasteiger partial charge < -0.3 is 5.73 Å². The van der Waals surface area contributed by atoms with Crippen molar-refractivity contribution >= 4 is 5.69 Å². The molecule has 2 rings (SSSR count). The molecule has 2 aromatic rings. The van der Waals surface area contributed by atoms with Crippen molar-refractivity contribution in [2.24, 2.45) is 0 Å². The second-order valence-electron chi connectivity index (χ2n) is 2.80. The molecule has 0 amide bonds. The van der Waals surface area contributed by atoms with Gasteiger partial charge in [-0.3, -0.25) is 4.98 Å². The Bertz CT molecular complexity index is 413. The maximum Gasteiger partial charge on any atom is 0.220 e. The van der Waals surface area contributed by atoms with Gasteiger partial charge in [-0.1, -0.05) is 0 Å². The third-order valence-electron chi connectivity index (χ3n) is 1.90. The number of anilines is 1. The number of rotatable bonds is 1. The summed E-state index contributed by atoms with van der Waals surface area (Å²) in [7, 11) is 0. The van der Waals surface area contributed by atoms with E-state index in [0.717, 1.165) is 0 Å². The lowest BCUT2D eigenvalue weighted by atomic mass is 10.1. The molecule has 0 spiro atoms. The van der Waals surface area contributed by atoms with Gasteiger partial charge in [0.25, 0.3) is 0 Å². The number of nitrogen functional groups attached to an aromatic ring is 1. The molecule has 14 heavy (non-hydrogen) atoms. The van der Waals surface area contributed by atoms with Crippen LogP contribution in [0.1, 0.15) is 0 Å². The lowest BCUT2D eigenvalue weighted by Gasteiger charge is -2.04. The summed E-state index contributed by atoms with van der Waals surface area (Å²) < 4.78 is 13.3. The van der Waals surface area contributed by atoms with Crippen LogP contribution in [0.2, 0.25) is 0 Å². The molecule has 0 aliphatic carbocycles. The van der Waals surface area contributed by atoms with E-state index in [0.29, 0.717) is 16.8 Å². The highest BCUT2D eigenvalue weighted by molar-refractivity contribution is 5.74. The number of halogens is 1. The van der Waals surface area contributed by atoms with Gasteiger partial charge in [0.05, 0.1) is 11.9 Å². The van der Waals surface area contributed by atoms with Crippen LogP contribution in [0.15, 0.2) is 36.8 Å². The first-order valence-electron chi connectivity index (χ1n) is 4.09. The van der Waals surface area contributed by atoms with Crippen LogP contribution in [0.5, 0.6) is 0 Å². The van der Waals surface area contributed by atoms with Crippen molar-refractivity contribution in [1.29, 1.82) is 0 Å². The van der Waals surface area contributed by atoms with Gasteiger partial charge in [-0.25, -0.2) is 4.98 Å². The molecule has 0 fully saturated rings. The minimum Gasteiger partial charge on any atom is -0.397 e. The maximum atomic E-state index is 13.3. The quantitative estimate of drug-likeness (QED) is 0.696. The number of hydrogen-bond acceptors (Lipinski definition) is 3. The topological polar surface area (TPSA) is 51.8 Å². The molecule has 3 nitrogen and oxygen atoms in total. The molecule has 2 heterocycles. The number of hydrogen-bond donors (Lipinski definition) is 1. The Labute approximate surface area is 80.4 Å². The molecule has 4 heteroatoms. The summed E-state index contributed by atoms with van der Waals surface area (Å²) >= 11 is 0. The summed E-state index contributed by atoms with van der Waals surface area (Å²) in [6.45, 7) is 0. The minimum absolute atomic E-state index is 0.396. The molecular formula is C10H8FN3. The zero-order valence-corrected chi connectivity index (χ0v) is 7.31. The first-order chi connectivity index (χ1) is 6.79. The Morgan fingerprint density at radius 2 is 2.00 bits per heavy atom. The first-order valence-corrected chi connectivity index (χ1v) is 4.09. The van der Waals surface area contributed by atoms with Crippen LogP contribution in [0, 0.1) is 5.95 Å². The van der Waals surface area contributed by atoms with E-state index in [4.69, 9.17) is 5.73 Å². The fourth-order valence-corrected chi connectivity index (χ4v) is 1.24. The monoisotopic (exact) mass is 189 g/mol. The highest BCUT2D eigenvalue weighted by atomic mass is 19.1. The normalized spacial score (nSPS) is 10.1. The van der Waals surface area contributed by atoms with Crippen molar-refractivity contribution in [2.75, 3.05) is 5.73 Å². The molecule has 0 atom stereocenters. The summed E-state index contributed by atoms with van der Waals surface area (Å²) in [5.74, 6) is -0.523. The molecule has 0 saturated heterocycles. The van der Waals surface area contributed by atoms with Crippen molar-refractivity contribution in [3.05, 3.63) is 42.7 Å². The highest BCUT2D eigenvalue weighted by Gasteiger charge is 2.07. The van der Waals surface area contributed by atoms with Gasteiger partial charge in [0.2, 0.25) is 5.95 Å². The first kappa shape index (κ1) is 8.62. The molecule has 70 valence electrons. The second kappa shape index (κ2) is 3.41. The summed E-state index contributed by atoms with van der Waals surface area (Å²) in [6, 6.07) is 4.96. The standard InChI is InChI=1S/C10H8FN3/c11-10-8(2-1-4-14-10)7-3-5-13-6-9(7)12/h1-6H,12H2. The lowest BCUT2D eigenvalue weighted by molar-refractivity contribution is 0.587. The smallest absolute Gasteiger partial charge is 0.220 e. The van der Waals surface area contributed by atoms with E-state index in [1.807, 2.05) is 0 Å². The molecule has 0 bridgehead atoms. The Morgan fingerprint density at radius 3 is 2.71 bits per heavy atom. The zero-order valence-electron chi connectivity index (χ0n) is 7.31. The molecule has 0 unspecified atom stereocenters. The Kier molecular flexibility index (Phi) is 2.10. The van der Waals surface area contributed by atoms with E-state index in [1.54, 1.807) is 24.4 Å². The zero-order chi connectivity index (χ0) is 9.97. The number of pyridine rings is 2. The summed E-state index contributed by atoms with van der Waals surface area (Å²) in [4.78, 5) is 7.39. The average molecular weight is 189 g/mol. The van der Waals surface area contributed by atoms with Gasteiger partial charge in [0, 0.05) is 23.5 Å². The van der Waals surface area contributed by atoms with Crippen LogP contribution in [-0.2, 0) is 0 Å². The van der Waals surface area contributed by atoms with Crippen LogP contribution in [0.4, 0.5) is 10.1 Å². The SMILES string of the molecule is Nc1cnccc1-c1cccnc1F. The molecule has 0 aliphatic rings. The van der Waals surface area contributed by atoms with Gasteiger partial charge in [-0.2, -0.15) is 4.39 Å². The molecule has 2 aromatic heterocycles. The van der Waals surface area contributed by atoms with Crippen LogP contribution in [0.3, 0.4) is 0 Å². The molecule has 0 aliphatic heterocycles. The predicted octanol–water partition coefficient (Wildman–Crippen LogP) is 1.86. The van der Waals surface area contributed by atoms with Crippen LogP contribution >= 0.6 is 0 Å². The summed E-state index contributed by atoms with van der Waals surface area (Å²) in [6.07, 6.45) is 4.45. The van der Waals surface area contributed by atoms with E-state index < -0.39 is 5.95 Å². The fraction of sp³-hybridized carbons (Fsp3) is 0. The minimum atomic E-state index is -0.523. The number of nitrogens with two attached hydrogens (primary N) is 1. The summed E-state index contributed by atoms with van der Waals surface area (Å²) in [5, 5.41) is 0. The van der Waals surface area contributed by atoms with E-state index >= 15 is 0 Å². The largest absolute Gasteiger partial charge is 0.397 e. The van der Waals surface area contributed by atoms with Gasteiger partial charge in [0.1, 0.15) is 0 Å². The van der Waals surface area contributed by atoms with E-state index in [2.05, 4.69) is 9.97 Å².